The molecule has 114 valence electrons. The Kier molecular flexibility index (Phi) is 3.44. The van der Waals surface area contributed by atoms with Gasteiger partial charge in [-0.1, -0.05) is 50.2 Å². The molecule has 0 spiro atoms. The van der Waals surface area contributed by atoms with Gasteiger partial charge >= 0.3 is 0 Å². The summed E-state index contributed by atoms with van der Waals surface area (Å²) >= 11 is 0. The molecule has 1 atom stereocenters. The highest BCUT2D eigenvalue weighted by molar-refractivity contribution is 6.10. The summed E-state index contributed by atoms with van der Waals surface area (Å²) in [5, 5.41) is 0. The van der Waals surface area contributed by atoms with E-state index in [0.29, 0.717) is 0 Å². The van der Waals surface area contributed by atoms with E-state index in [4.69, 9.17) is 4.74 Å². The van der Waals surface area contributed by atoms with E-state index in [1.807, 2.05) is 49.5 Å². The molecule has 0 bridgehead atoms. The normalized spacial score (nSPS) is 20.4. The molecule has 3 heteroatoms. The molecule has 0 aromatic heterocycles. The summed E-state index contributed by atoms with van der Waals surface area (Å²) < 4.78 is 5.56. The summed E-state index contributed by atoms with van der Waals surface area (Å²) in [6, 6.07) is 15.9. The maximum absolute atomic E-state index is 13.3. The average Bonchev–Trinajstić information content (AvgIpc) is 2.77. The first kappa shape index (κ1) is 14.6. The Morgan fingerprint density at radius 3 is 2.23 bits per heavy atom. The summed E-state index contributed by atoms with van der Waals surface area (Å²) in [4.78, 5) is 15.0. The van der Waals surface area contributed by atoms with Crippen molar-refractivity contribution in [1.29, 1.82) is 0 Å². The third-order valence-electron chi connectivity index (χ3n) is 4.73. The third-order valence-corrected chi connectivity index (χ3v) is 4.73. The zero-order chi connectivity index (χ0) is 15.9. The minimum atomic E-state index is -0.696. The van der Waals surface area contributed by atoms with Gasteiger partial charge in [0.25, 0.3) is 0 Å². The molecular weight excluding hydrogens is 274 g/mol. The number of hydrogen-bond donors (Lipinski definition) is 0. The summed E-state index contributed by atoms with van der Waals surface area (Å²) in [6.07, 6.45) is 0. The van der Waals surface area contributed by atoms with E-state index in [9.17, 15) is 4.79 Å². The van der Waals surface area contributed by atoms with Crippen molar-refractivity contribution < 1.29 is 9.53 Å². The molecule has 1 amide bonds. The molecule has 1 unspecified atom stereocenters. The number of amides is 1. The number of likely N-dealkylation sites (N-methyl/N-ethyl adjacent to an activating group) is 1. The number of anilines is 1. The van der Waals surface area contributed by atoms with Gasteiger partial charge in [-0.2, -0.15) is 0 Å². The number of nitrogens with zero attached hydrogens (tertiary/aromatic N) is 1. The Hall–Kier alpha value is -2.29. The monoisotopic (exact) mass is 295 g/mol. The van der Waals surface area contributed by atoms with Crippen LogP contribution in [0.4, 0.5) is 5.69 Å². The SMILES string of the molecule is COc1ccccc1C1(C(C)C)C(=O)N(C)c2ccccc21. The van der Waals surface area contributed by atoms with Crippen molar-refractivity contribution in [2.24, 2.45) is 5.92 Å². The predicted octanol–water partition coefficient (Wildman–Crippen LogP) is 3.61. The smallest absolute Gasteiger partial charge is 0.242 e. The predicted molar refractivity (Wildman–Crippen MR) is 88.5 cm³/mol. The Balaban J connectivity index is 2.38. The summed E-state index contributed by atoms with van der Waals surface area (Å²) in [5.74, 6) is 0.977. The average molecular weight is 295 g/mol. The van der Waals surface area contributed by atoms with Crippen molar-refractivity contribution in [1.82, 2.24) is 0 Å². The number of carbonyl (C=O) groups is 1. The second kappa shape index (κ2) is 5.16. The molecule has 0 aliphatic carbocycles. The van der Waals surface area contributed by atoms with Crippen LogP contribution in [0.15, 0.2) is 48.5 Å². The number of ether oxygens (including phenoxy) is 1. The van der Waals surface area contributed by atoms with E-state index >= 15 is 0 Å². The van der Waals surface area contributed by atoms with Crippen LogP contribution in [0.5, 0.6) is 5.75 Å². The fourth-order valence-electron chi connectivity index (χ4n) is 3.69. The lowest BCUT2D eigenvalue weighted by atomic mass is 9.67. The van der Waals surface area contributed by atoms with Gasteiger partial charge in [0, 0.05) is 18.3 Å². The van der Waals surface area contributed by atoms with E-state index < -0.39 is 5.41 Å². The zero-order valence-corrected chi connectivity index (χ0v) is 13.5. The first-order chi connectivity index (χ1) is 10.5. The number of methoxy groups -OCH3 is 1. The van der Waals surface area contributed by atoms with Crippen LogP contribution >= 0.6 is 0 Å². The van der Waals surface area contributed by atoms with Crippen LogP contribution in [-0.4, -0.2) is 20.1 Å². The van der Waals surface area contributed by atoms with Gasteiger partial charge in [0.2, 0.25) is 5.91 Å². The van der Waals surface area contributed by atoms with Gasteiger partial charge < -0.3 is 9.64 Å². The van der Waals surface area contributed by atoms with Crippen LogP contribution in [0.3, 0.4) is 0 Å². The Bertz CT molecular complexity index is 723. The van der Waals surface area contributed by atoms with Crippen LogP contribution < -0.4 is 9.64 Å². The van der Waals surface area contributed by atoms with E-state index in [-0.39, 0.29) is 11.8 Å². The van der Waals surface area contributed by atoms with Crippen molar-refractivity contribution in [2.45, 2.75) is 19.3 Å². The lowest BCUT2D eigenvalue weighted by molar-refractivity contribution is -0.122. The number of benzene rings is 2. The zero-order valence-electron chi connectivity index (χ0n) is 13.5. The standard InChI is InChI=1S/C19H21NO2/c1-13(2)19(15-10-6-8-12-17(15)22-4)14-9-5-7-11-16(14)20(3)18(19)21/h5-13H,1-4H3. The summed E-state index contributed by atoms with van der Waals surface area (Å²) in [7, 11) is 3.50. The lowest BCUT2D eigenvalue weighted by Gasteiger charge is -2.34. The molecule has 0 radical (unpaired) electrons. The fourth-order valence-corrected chi connectivity index (χ4v) is 3.69. The van der Waals surface area contributed by atoms with Crippen molar-refractivity contribution in [3.05, 3.63) is 59.7 Å². The lowest BCUT2D eigenvalue weighted by Crippen LogP contribution is -2.44. The minimum absolute atomic E-state index is 0.105. The van der Waals surface area contributed by atoms with Crippen LogP contribution in [0.1, 0.15) is 25.0 Å². The maximum Gasteiger partial charge on any atom is 0.242 e. The molecular formula is C19H21NO2. The van der Waals surface area contributed by atoms with Gasteiger partial charge in [0.1, 0.15) is 11.2 Å². The third kappa shape index (κ3) is 1.71. The van der Waals surface area contributed by atoms with E-state index in [0.717, 1.165) is 22.6 Å². The van der Waals surface area contributed by atoms with Crippen molar-refractivity contribution in [3.63, 3.8) is 0 Å². The second-order valence-electron chi connectivity index (χ2n) is 6.04. The fraction of sp³-hybridized carbons (Fsp3) is 0.316. The largest absolute Gasteiger partial charge is 0.496 e. The van der Waals surface area contributed by atoms with Gasteiger partial charge in [0.05, 0.1) is 7.11 Å². The van der Waals surface area contributed by atoms with Crippen LogP contribution in [0.2, 0.25) is 0 Å². The van der Waals surface area contributed by atoms with Gasteiger partial charge in [-0.15, -0.1) is 0 Å². The molecule has 1 aliphatic heterocycles. The Morgan fingerprint density at radius 2 is 1.59 bits per heavy atom. The van der Waals surface area contributed by atoms with Crippen LogP contribution in [-0.2, 0) is 10.2 Å². The van der Waals surface area contributed by atoms with Crippen molar-refractivity contribution in [2.75, 3.05) is 19.1 Å². The van der Waals surface area contributed by atoms with Gasteiger partial charge in [-0.3, -0.25) is 4.79 Å². The molecule has 1 heterocycles. The second-order valence-corrected chi connectivity index (χ2v) is 6.04. The topological polar surface area (TPSA) is 29.5 Å². The first-order valence-electron chi connectivity index (χ1n) is 7.56. The molecule has 22 heavy (non-hydrogen) atoms. The van der Waals surface area contributed by atoms with Crippen molar-refractivity contribution in [3.8, 4) is 5.75 Å². The molecule has 0 saturated carbocycles. The number of rotatable bonds is 3. The van der Waals surface area contributed by atoms with Crippen LogP contribution in [0, 0.1) is 5.92 Å². The van der Waals surface area contributed by atoms with Gasteiger partial charge in [0.15, 0.2) is 0 Å². The van der Waals surface area contributed by atoms with Gasteiger partial charge in [-0.05, 0) is 23.6 Å². The van der Waals surface area contributed by atoms with E-state index in [2.05, 4.69) is 19.9 Å². The first-order valence-corrected chi connectivity index (χ1v) is 7.56. The van der Waals surface area contributed by atoms with Crippen molar-refractivity contribution >= 4 is 11.6 Å². The Morgan fingerprint density at radius 1 is 1.00 bits per heavy atom. The molecule has 1 aliphatic rings. The van der Waals surface area contributed by atoms with E-state index in [1.165, 1.54) is 0 Å². The molecule has 3 nitrogen and oxygen atoms in total. The quantitative estimate of drug-likeness (QED) is 0.865. The van der Waals surface area contributed by atoms with Gasteiger partial charge in [-0.25, -0.2) is 0 Å². The Labute approximate surface area is 131 Å². The highest BCUT2D eigenvalue weighted by Gasteiger charge is 2.54. The summed E-state index contributed by atoms with van der Waals surface area (Å²) in [6.45, 7) is 4.20. The number of hydrogen-bond acceptors (Lipinski definition) is 2. The highest BCUT2D eigenvalue weighted by atomic mass is 16.5. The molecule has 2 aromatic carbocycles. The minimum Gasteiger partial charge on any atom is -0.496 e. The number of para-hydroxylation sites is 2. The molecule has 0 saturated heterocycles. The highest BCUT2D eigenvalue weighted by Crippen LogP contribution is 2.52. The molecule has 0 N–H and O–H groups in total. The number of carbonyl (C=O) groups excluding carboxylic acids is 1. The van der Waals surface area contributed by atoms with E-state index in [1.54, 1.807) is 12.0 Å². The maximum atomic E-state index is 13.3. The number of fused-ring (bicyclic) bond motifs is 1. The summed E-state index contributed by atoms with van der Waals surface area (Å²) in [5.41, 5.74) is 2.28. The van der Waals surface area contributed by atoms with Crippen LogP contribution in [0.25, 0.3) is 0 Å². The molecule has 0 fully saturated rings. The molecule has 3 rings (SSSR count). The molecule has 2 aromatic rings.